The summed E-state index contributed by atoms with van der Waals surface area (Å²) in [5, 5.41) is 44.5. The molecular formula is C28H27FN2O7. The number of likely N-dealkylation sites (N-methyl/N-ethyl adjacent to an activating group) is 1. The van der Waals surface area contributed by atoms with E-state index in [4.69, 9.17) is 5.73 Å². The van der Waals surface area contributed by atoms with Gasteiger partial charge in [0.25, 0.3) is 5.91 Å². The molecule has 38 heavy (non-hydrogen) atoms. The zero-order valence-corrected chi connectivity index (χ0v) is 20.9. The summed E-state index contributed by atoms with van der Waals surface area (Å²) in [5.41, 5.74) is 3.58. The lowest BCUT2D eigenvalue weighted by Gasteiger charge is -2.50. The molecule has 0 unspecified atom stereocenters. The molecule has 5 rings (SSSR count). The Hall–Kier alpha value is -4.02. The van der Waals surface area contributed by atoms with E-state index in [0.29, 0.717) is 22.3 Å². The van der Waals surface area contributed by atoms with Gasteiger partial charge in [-0.05, 0) is 80.2 Å². The van der Waals surface area contributed by atoms with Crippen LogP contribution < -0.4 is 5.73 Å². The molecule has 198 valence electrons. The van der Waals surface area contributed by atoms with E-state index in [1.54, 1.807) is 39.2 Å². The molecule has 0 aromatic heterocycles. The van der Waals surface area contributed by atoms with Crippen LogP contribution in [0.4, 0.5) is 4.39 Å². The van der Waals surface area contributed by atoms with E-state index in [-0.39, 0.29) is 35.5 Å². The fourth-order valence-electron chi connectivity index (χ4n) is 6.33. The largest absolute Gasteiger partial charge is 0.510 e. The molecule has 0 radical (unpaired) electrons. The Morgan fingerprint density at radius 1 is 1.13 bits per heavy atom. The van der Waals surface area contributed by atoms with Gasteiger partial charge in [0.2, 0.25) is 5.78 Å². The lowest BCUT2D eigenvalue weighted by Crippen LogP contribution is -2.63. The molecule has 4 atom stereocenters. The van der Waals surface area contributed by atoms with E-state index in [2.05, 4.69) is 0 Å². The maximum absolute atomic E-state index is 13.9. The fraction of sp³-hybridized carbons (Fsp3) is 0.321. The molecule has 9 nitrogen and oxygen atoms in total. The molecule has 0 saturated carbocycles. The highest BCUT2D eigenvalue weighted by Crippen LogP contribution is 2.53. The van der Waals surface area contributed by atoms with Gasteiger partial charge in [0, 0.05) is 11.5 Å². The summed E-state index contributed by atoms with van der Waals surface area (Å²) in [6.45, 7) is 1.61. The Bertz CT molecular complexity index is 1510. The first kappa shape index (κ1) is 25.6. The van der Waals surface area contributed by atoms with Crippen molar-refractivity contribution in [3.05, 3.63) is 75.5 Å². The lowest BCUT2D eigenvalue weighted by molar-refractivity contribution is -0.148. The van der Waals surface area contributed by atoms with Crippen molar-refractivity contribution in [2.75, 3.05) is 14.1 Å². The number of phenols is 1. The van der Waals surface area contributed by atoms with Gasteiger partial charge in [-0.1, -0.05) is 12.1 Å². The van der Waals surface area contributed by atoms with Crippen LogP contribution in [0.3, 0.4) is 0 Å². The number of aromatic hydroxyl groups is 1. The highest BCUT2D eigenvalue weighted by molar-refractivity contribution is 6.24. The van der Waals surface area contributed by atoms with Crippen LogP contribution in [0.2, 0.25) is 0 Å². The van der Waals surface area contributed by atoms with Crippen molar-refractivity contribution in [3.63, 3.8) is 0 Å². The maximum Gasteiger partial charge on any atom is 0.255 e. The number of hydrogen-bond acceptors (Lipinski definition) is 8. The number of nitrogens with zero attached hydrogens (tertiary/aromatic N) is 1. The number of carbonyl (C=O) groups is 3. The summed E-state index contributed by atoms with van der Waals surface area (Å²) in [5.74, 6) is -7.41. The number of aliphatic hydroxyl groups excluding tert-OH is 2. The number of ketones is 2. The number of hydrogen-bond donors (Lipinski definition) is 5. The van der Waals surface area contributed by atoms with Crippen molar-refractivity contribution < 1.29 is 39.2 Å². The van der Waals surface area contributed by atoms with E-state index >= 15 is 0 Å². The van der Waals surface area contributed by atoms with E-state index in [9.17, 15) is 39.2 Å². The predicted octanol–water partition coefficient (Wildman–Crippen LogP) is 2.24. The highest BCUT2D eigenvalue weighted by Gasteiger charge is 2.63. The van der Waals surface area contributed by atoms with Gasteiger partial charge in [0.05, 0.1) is 11.6 Å². The Kier molecular flexibility index (Phi) is 5.73. The Balaban J connectivity index is 1.73. The number of halogens is 1. The molecule has 0 aliphatic heterocycles. The Morgan fingerprint density at radius 2 is 1.82 bits per heavy atom. The molecule has 0 saturated heterocycles. The van der Waals surface area contributed by atoms with Crippen LogP contribution in [0.15, 0.2) is 53.0 Å². The predicted molar refractivity (Wildman–Crippen MR) is 134 cm³/mol. The topological polar surface area (TPSA) is 161 Å². The van der Waals surface area contributed by atoms with Gasteiger partial charge in [-0.25, -0.2) is 4.39 Å². The molecule has 2 aromatic rings. The Morgan fingerprint density at radius 3 is 2.42 bits per heavy atom. The summed E-state index contributed by atoms with van der Waals surface area (Å²) in [6, 6.07) is 6.39. The third-order valence-electron chi connectivity index (χ3n) is 8.07. The number of rotatable bonds is 3. The third-order valence-corrected chi connectivity index (χ3v) is 8.07. The third kappa shape index (κ3) is 3.33. The minimum atomic E-state index is -2.69. The van der Waals surface area contributed by atoms with Crippen LogP contribution in [0.5, 0.6) is 5.75 Å². The van der Waals surface area contributed by atoms with Crippen LogP contribution in [0.25, 0.3) is 11.1 Å². The molecule has 2 aromatic carbocycles. The number of primary amides is 1. The van der Waals surface area contributed by atoms with Crippen molar-refractivity contribution in [2.24, 2.45) is 17.6 Å². The monoisotopic (exact) mass is 522 g/mol. The van der Waals surface area contributed by atoms with Crippen LogP contribution in [0, 0.1) is 24.6 Å². The van der Waals surface area contributed by atoms with Crippen molar-refractivity contribution in [1.82, 2.24) is 4.90 Å². The van der Waals surface area contributed by atoms with E-state index in [1.807, 2.05) is 0 Å². The van der Waals surface area contributed by atoms with Crippen LogP contribution in [0.1, 0.15) is 27.9 Å². The number of benzene rings is 2. The number of allylic oxidation sites excluding steroid dienone is 1. The number of amides is 1. The standard InChI is InChI=1S/C28H27FN2O7/c1-11-8-12(4-6-17(11)29)14-5-7-18(32)20-15(14)9-13-10-16-22(31(2)3)24(34)21(27(30)37)26(36)28(16,38)25(35)19(13)23(20)33/h4-8,13,16,22,32,34-35,38H,9-10H2,1-3H3,(H2,30,37)/t13-,16-,22+,28+/m1/s1. The number of aliphatic hydroxyl groups is 3. The van der Waals surface area contributed by atoms with E-state index in [0.717, 1.165) is 0 Å². The average Bonchev–Trinajstić information content (AvgIpc) is 2.83. The zero-order valence-electron chi connectivity index (χ0n) is 20.9. The van der Waals surface area contributed by atoms with Crippen LogP contribution in [-0.4, -0.2) is 68.5 Å². The van der Waals surface area contributed by atoms with Crippen molar-refractivity contribution in [3.8, 4) is 16.9 Å². The zero-order chi connectivity index (χ0) is 27.8. The molecule has 10 heteroatoms. The molecule has 3 aliphatic rings. The second-order valence-electron chi connectivity index (χ2n) is 10.4. The van der Waals surface area contributed by atoms with Gasteiger partial charge in [-0.3, -0.25) is 19.3 Å². The number of Topliss-reactive ketones (excluding diaryl/α,β-unsaturated/α-hetero) is 2. The number of fused-ring (bicyclic) bond motifs is 3. The minimum absolute atomic E-state index is 0.0106. The molecule has 0 fully saturated rings. The summed E-state index contributed by atoms with van der Waals surface area (Å²) in [4.78, 5) is 40.7. The lowest BCUT2D eigenvalue weighted by atomic mass is 9.58. The molecule has 0 bridgehead atoms. The van der Waals surface area contributed by atoms with Gasteiger partial charge < -0.3 is 26.2 Å². The average molecular weight is 523 g/mol. The molecular weight excluding hydrogens is 495 g/mol. The fourth-order valence-corrected chi connectivity index (χ4v) is 6.33. The number of carbonyl (C=O) groups excluding carboxylic acids is 3. The molecule has 1 amide bonds. The SMILES string of the molecule is Cc1cc(-c2ccc(O)c3c2C[C@@H]2C[C@@H]4[C@H](N(C)C)C(O)=C(C(N)=O)C(=O)[C@@]4(O)C(O)=C2C3=O)ccc1F. The van der Waals surface area contributed by atoms with Crippen LogP contribution in [-0.2, 0) is 16.0 Å². The maximum atomic E-state index is 13.9. The van der Waals surface area contributed by atoms with Gasteiger partial charge >= 0.3 is 0 Å². The normalized spacial score (nSPS) is 26.8. The smallest absolute Gasteiger partial charge is 0.255 e. The second-order valence-corrected chi connectivity index (χ2v) is 10.4. The molecule has 0 heterocycles. The minimum Gasteiger partial charge on any atom is -0.510 e. The van der Waals surface area contributed by atoms with Gasteiger partial charge in [-0.15, -0.1) is 0 Å². The van der Waals surface area contributed by atoms with Crippen molar-refractivity contribution >= 4 is 17.5 Å². The first-order chi connectivity index (χ1) is 17.8. The molecule has 3 aliphatic carbocycles. The second kappa shape index (κ2) is 8.50. The van der Waals surface area contributed by atoms with Gasteiger partial charge in [0.15, 0.2) is 11.4 Å². The quantitative estimate of drug-likeness (QED) is 0.384. The van der Waals surface area contributed by atoms with E-state index < -0.39 is 58.0 Å². The summed E-state index contributed by atoms with van der Waals surface area (Å²) >= 11 is 0. The molecule has 0 spiro atoms. The number of nitrogens with two attached hydrogens (primary N) is 1. The summed E-state index contributed by atoms with van der Waals surface area (Å²) in [7, 11) is 3.14. The first-order valence-electron chi connectivity index (χ1n) is 12.1. The molecule has 6 N–H and O–H groups in total. The highest BCUT2D eigenvalue weighted by atomic mass is 19.1. The number of phenolic OH excluding ortho intramolecular Hbond substituents is 1. The Labute approximate surface area is 217 Å². The van der Waals surface area contributed by atoms with Crippen molar-refractivity contribution in [1.29, 1.82) is 0 Å². The van der Waals surface area contributed by atoms with Gasteiger partial charge in [0.1, 0.15) is 28.7 Å². The summed E-state index contributed by atoms with van der Waals surface area (Å²) in [6.07, 6.45) is 0.137. The summed E-state index contributed by atoms with van der Waals surface area (Å²) < 4.78 is 13.9. The van der Waals surface area contributed by atoms with E-state index in [1.165, 1.54) is 17.0 Å². The van der Waals surface area contributed by atoms with Gasteiger partial charge in [-0.2, -0.15) is 0 Å². The number of aryl methyl sites for hydroxylation is 1. The first-order valence-corrected chi connectivity index (χ1v) is 12.1. The van der Waals surface area contributed by atoms with Crippen molar-refractivity contribution in [2.45, 2.75) is 31.4 Å². The van der Waals surface area contributed by atoms with Crippen LogP contribution >= 0.6 is 0 Å².